The molecule has 3 aromatic carbocycles. The normalized spacial score (nSPS) is 10.6. The number of Topliss-reactive ketones (excluding diaryl/α,β-unsaturated/α-hetero) is 1. The Morgan fingerprint density at radius 1 is 0.654 bits per heavy atom. The van der Waals surface area contributed by atoms with Gasteiger partial charge in [-0.1, -0.05) is 48.5 Å². The molecule has 3 rings (SSSR count). The quantitative estimate of drug-likeness (QED) is 0.495. The third-order valence-corrected chi connectivity index (χ3v) is 6.64. The van der Waals surface area contributed by atoms with Crippen LogP contribution in [0.15, 0.2) is 72.8 Å². The van der Waals surface area contributed by atoms with Crippen molar-refractivity contribution in [3.8, 4) is 11.5 Å². The molecule has 0 aliphatic carbocycles. The second-order valence-electron chi connectivity index (χ2n) is 5.83. The minimum atomic E-state index is -0.735. The summed E-state index contributed by atoms with van der Waals surface area (Å²) >= 11 is 0. The number of ketones is 1. The lowest BCUT2D eigenvalue weighted by atomic mass is 10.2. The maximum atomic E-state index is 11.6. The third-order valence-electron chi connectivity index (χ3n) is 4.19. The molecule has 0 aromatic heterocycles. The van der Waals surface area contributed by atoms with Crippen LogP contribution >= 0.6 is 7.92 Å². The van der Waals surface area contributed by atoms with Crippen molar-refractivity contribution in [1.82, 2.24) is 0 Å². The summed E-state index contributed by atoms with van der Waals surface area (Å²) < 4.78 is 10.6. The molecule has 0 unspecified atom stereocenters. The first kappa shape index (κ1) is 18.2. The molecule has 0 bridgehead atoms. The van der Waals surface area contributed by atoms with Gasteiger partial charge in [0.05, 0.1) is 14.2 Å². The molecule has 3 aromatic rings. The van der Waals surface area contributed by atoms with Crippen LogP contribution in [0.3, 0.4) is 0 Å². The van der Waals surface area contributed by atoms with Crippen molar-refractivity contribution in [2.45, 2.75) is 6.92 Å². The van der Waals surface area contributed by atoms with Crippen molar-refractivity contribution in [2.24, 2.45) is 0 Å². The van der Waals surface area contributed by atoms with Crippen LogP contribution in [0.1, 0.15) is 17.3 Å². The fourth-order valence-electron chi connectivity index (χ4n) is 2.76. The van der Waals surface area contributed by atoms with E-state index in [1.54, 1.807) is 21.1 Å². The first-order valence-corrected chi connectivity index (χ1v) is 9.66. The Balaban J connectivity index is 2.06. The lowest BCUT2D eigenvalue weighted by molar-refractivity contribution is 0.101. The predicted octanol–water partition coefficient (Wildman–Crippen LogP) is 3.66. The van der Waals surface area contributed by atoms with Gasteiger partial charge >= 0.3 is 0 Å². The van der Waals surface area contributed by atoms with E-state index in [1.165, 1.54) is 15.9 Å². The fourth-order valence-corrected chi connectivity index (χ4v) is 4.99. The standard InChI is InChI=1S/C22H21O3P/c1-16(23)17-4-10-20(11-5-17)26(21-12-6-18(24-2)7-13-21)22-14-8-19(25-3)9-15-22/h4-15H,1-3H3. The lowest BCUT2D eigenvalue weighted by Gasteiger charge is -2.20. The third kappa shape index (κ3) is 3.95. The Labute approximate surface area is 155 Å². The van der Waals surface area contributed by atoms with Crippen molar-refractivity contribution in [2.75, 3.05) is 14.2 Å². The van der Waals surface area contributed by atoms with E-state index >= 15 is 0 Å². The largest absolute Gasteiger partial charge is 0.497 e. The molecule has 4 heteroatoms. The highest BCUT2D eigenvalue weighted by molar-refractivity contribution is 7.79. The van der Waals surface area contributed by atoms with Crippen LogP contribution in [0.25, 0.3) is 0 Å². The van der Waals surface area contributed by atoms with Gasteiger partial charge in [0, 0.05) is 5.56 Å². The molecule has 0 heterocycles. The first-order valence-electron chi connectivity index (χ1n) is 8.31. The molecule has 132 valence electrons. The van der Waals surface area contributed by atoms with Gasteiger partial charge in [-0.25, -0.2) is 0 Å². The Bertz CT molecular complexity index is 821. The number of methoxy groups -OCH3 is 2. The molecule has 0 N–H and O–H groups in total. The van der Waals surface area contributed by atoms with Crippen LogP contribution in [0, 0.1) is 0 Å². The highest BCUT2D eigenvalue weighted by atomic mass is 31.1. The van der Waals surface area contributed by atoms with Crippen LogP contribution in [-0.4, -0.2) is 20.0 Å². The summed E-state index contributed by atoms with van der Waals surface area (Å²) in [7, 11) is 2.60. The molecule has 0 aliphatic rings. The zero-order valence-electron chi connectivity index (χ0n) is 15.1. The van der Waals surface area contributed by atoms with E-state index in [0.717, 1.165) is 17.1 Å². The molecular weight excluding hydrogens is 343 g/mol. The number of ether oxygens (including phenoxy) is 2. The van der Waals surface area contributed by atoms with Gasteiger partial charge in [-0.15, -0.1) is 0 Å². The Kier molecular flexibility index (Phi) is 5.70. The van der Waals surface area contributed by atoms with Gasteiger partial charge in [0.25, 0.3) is 0 Å². The Morgan fingerprint density at radius 2 is 1.00 bits per heavy atom. The number of hydrogen-bond donors (Lipinski definition) is 0. The molecule has 0 saturated heterocycles. The van der Waals surface area contributed by atoms with Crippen molar-refractivity contribution in [1.29, 1.82) is 0 Å². The molecule has 0 fully saturated rings. The van der Waals surface area contributed by atoms with E-state index in [1.807, 2.05) is 36.4 Å². The van der Waals surface area contributed by atoms with Gasteiger partial charge < -0.3 is 9.47 Å². The molecule has 0 amide bonds. The monoisotopic (exact) mass is 364 g/mol. The Hall–Kier alpha value is -2.64. The van der Waals surface area contributed by atoms with Crippen molar-refractivity contribution in [3.63, 3.8) is 0 Å². The van der Waals surface area contributed by atoms with Crippen LogP contribution in [0.2, 0.25) is 0 Å². The maximum Gasteiger partial charge on any atom is 0.159 e. The van der Waals surface area contributed by atoms with Gasteiger partial charge in [0.2, 0.25) is 0 Å². The van der Waals surface area contributed by atoms with Crippen molar-refractivity contribution < 1.29 is 14.3 Å². The summed E-state index contributed by atoms with van der Waals surface area (Å²) in [5.74, 6) is 1.76. The zero-order chi connectivity index (χ0) is 18.5. The molecule has 0 atom stereocenters. The number of carbonyl (C=O) groups excluding carboxylic acids is 1. The van der Waals surface area contributed by atoms with Gasteiger partial charge in [-0.05, 0) is 55.0 Å². The topological polar surface area (TPSA) is 35.5 Å². The lowest BCUT2D eigenvalue weighted by Crippen LogP contribution is -2.20. The SMILES string of the molecule is COc1ccc(P(c2ccc(OC)cc2)c2ccc(C(C)=O)cc2)cc1. The zero-order valence-corrected chi connectivity index (χ0v) is 16.0. The van der Waals surface area contributed by atoms with E-state index < -0.39 is 7.92 Å². The van der Waals surface area contributed by atoms with E-state index in [-0.39, 0.29) is 5.78 Å². The van der Waals surface area contributed by atoms with Crippen LogP contribution < -0.4 is 25.4 Å². The number of benzene rings is 3. The van der Waals surface area contributed by atoms with E-state index in [2.05, 4.69) is 36.4 Å². The van der Waals surface area contributed by atoms with Crippen molar-refractivity contribution >= 4 is 29.6 Å². The second-order valence-corrected chi connectivity index (χ2v) is 8.05. The molecule has 0 saturated carbocycles. The molecular formula is C22H21O3P. The molecule has 26 heavy (non-hydrogen) atoms. The molecule has 3 nitrogen and oxygen atoms in total. The molecule has 0 aliphatic heterocycles. The van der Waals surface area contributed by atoms with Crippen molar-refractivity contribution in [3.05, 3.63) is 78.4 Å². The average molecular weight is 364 g/mol. The minimum Gasteiger partial charge on any atom is -0.497 e. The van der Waals surface area contributed by atoms with Gasteiger partial charge in [-0.2, -0.15) is 0 Å². The minimum absolute atomic E-state index is 0.0785. The first-order chi connectivity index (χ1) is 12.6. The molecule has 0 spiro atoms. The number of hydrogen-bond acceptors (Lipinski definition) is 3. The molecule has 0 radical (unpaired) electrons. The number of rotatable bonds is 6. The smallest absolute Gasteiger partial charge is 0.159 e. The summed E-state index contributed by atoms with van der Waals surface area (Å²) in [6, 6.07) is 24.3. The van der Waals surface area contributed by atoms with E-state index in [9.17, 15) is 4.79 Å². The average Bonchev–Trinajstić information content (AvgIpc) is 2.69. The van der Waals surface area contributed by atoms with Gasteiger partial charge in [0.1, 0.15) is 11.5 Å². The summed E-state index contributed by atoms with van der Waals surface area (Å²) in [6.45, 7) is 1.59. The van der Waals surface area contributed by atoms with Crippen LogP contribution in [0.5, 0.6) is 11.5 Å². The predicted molar refractivity (Wildman–Crippen MR) is 108 cm³/mol. The van der Waals surface area contributed by atoms with Gasteiger partial charge in [0.15, 0.2) is 5.78 Å². The highest BCUT2D eigenvalue weighted by Crippen LogP contribution is 2.34. The highest BCUT2D eigenvalue weighted by Gasteiger charge is 2.17. The Morgan fingerprint density at radius 3 is 1.31 bits per heavy atom. The van der Waals surface area contributed by atoms with Gasteiger partial charge in [-0.3, -0.25) is 4.79 Å². The summed E-state index contributed by atoms with van der Waals surface area (Å²) in [5, 5.41) is 3.64. The second kappa shape index (κ2) is 8.16. The summed E-state index contributed by atoms with van der Waals surface area (Å²) in [4.78, 5) is 11.6. The van der Waals surface area contributed by atoms with Crippen LogP contribution in [0.4, 0.5) is 0 Å². The van der Waals surface area contributed by atoms with E-state index in [0.29, 0.717) is 0 Å². The fraction of sp³-hybridized carbons (Fsp3) is 0.136. The van der Waals surface area contributed by atoms with E-state index in [4.69, 9.17) is 9.47 Å². The van der Waals surface area contributed by atoms with Crippen LogP contribution in [-0.2, 0) is 0 Å². The number of carbonyl (C=O) groups is 1. The summed E-state index contributed by atoms with van der Waals surface area (Å²) in [6.07, 6.45) is 0. The maximum absolute atomic E-state index is 11.6. The summed E-state index contributed by atoms with van der Waals surface area (Å²) in [5.41, 5.74) is 0.730.